The Hall–Kier alpha value is -2.64. The third-order valence-corrected chi connectivity index (χ3v) is 20.1. The van der Waals surface area contributed by atoms with E-state index in [-0.39, 0.29) is 18.5 Å². The van der Waals surface area contributed by atoms with Gasteiger partial charge in [0.1, 0.15) is 24.4 Å². The summed E-state index contributed by atoms with van der Waals surface area (Å²) < 4.78 is 16.8. The minimum absolute atomic E-state index is 0.0120. The number of unbranched alkanes of at least 4 members (excludes halogenated alkanes) is 54. The summed E-state index contributed by atoms with van der Waals surface area (Å²) in [6, 6.07) is -0.826. The average Bonchev–Trinajstić information content (AvgIpc) is 0.825. The zero-order valence-corrected chi connectivity index (χ0v) is 64.3. The summed E-state index contributed by atoms with van der Waals surface area (Å²) in [5.74, 6) is -0.175. The number of ether oxygens (including phenoxy) is 3. The molecular formula is C87H161NO10. The first kappa shape index (κ1) is 93.4. The molecule has 574 valence electrons. The van der Waals surface area contributed by atoms with E-state index < -0.39 is 49.5 Å². The second-order valence-corrected chi connectivity index (χ2v) is 29.5. The van der Waals surface area contributed by atoms with E-state index >= 15 is 0 Å². The van der Waals surface area contributed by atoms with Gasteiger partial charge < -0.3 is 45.1 Å². The Morgan fingerprint density at radius 1 is 0.378 bits per heavy atom. The number of carbonyl (C=O) groups is 2. The molecule has 1 saturated heterocycles. The highest BCUT2D eigenvalue weighted by molar-refractivity contribution is 5.76. The fourth-order valence-corrected chi connectivity index (χ4v) is 13.4. The predicted octanol–water partition coefficient (Wildman–Crippen LogP) is 23.6. The highest BCUT2D eigenvalue weighted by atomic mass is 16.7. The third kappa shape index (κ3) is 63.1. The second kappa shape index (κ2) is 75.5. The normalized spacial score (nSPS) is 17.5. The molecule has 0 bridgehead atoms. The van der Waals surface area contributed by atoms with E-state index in [1.54, 1.807) is 6.08 Å². The van der Waals surface area contributed by atoms with Crippen LogP contribution in [0.25, 0.3) is 0 Å². The molecule has 7 atom stereocenters. The summed E-state index contributed by atoms with van der Waals surface area (Å²) in [5.41, 5.74) is 0. The number of amides is 1. The van der Waals surface area contributed by atoms with Crippen molar-refractivity contribution in [2.24, 2.45) is 0 Å². The third-order valence-electron chi connectivity index (χ3n) is 20.1. The van der Waals surface area contributed by atoms with Crippen LogP contribution in [-0.4, -0.2) is 100 Å². The molecule has 11 heteroatoms. The zero-order chi connectivity index (χ0) is 70.8. The number of carbonyl (C=O) groups excluding carboxylic acids is 2. The van der Waals surface area contributed by atoms with E-state index in [1.165, 1.54) is 327 Å². The fraction of sp³-hybridized carbons (Fsp3) is 0.862. The van der Waals surface area contributed by atoms with Gasteiger partial charge in [-0.3, -0.25) is 9.59 Å². The minimum atomic E-state index is -1.58. The van der Waals surface area contributed by atoms with E-state index in [9.17, 15) is 35.1 Å². The minimum Gasteiger partial charge on any atom is -0.466 e. The Labute approximate surface area is 605 Å². The van der Waals surface area contributed by atoms with Crippen molar-refractivity contribution in [1.29, 1.82) is 0 Å². The highest BCUT2D eigenvalue weighted by Gasteiger charge is 2.44. The maximum Gasteiger partial charge on any atom is 0.305 e. The van der Waals surface area contributed by atoms with Crippen LogP contribution >= 0.6 is 0 Å². The number of rotatable bonds is 76. The lowest BCUT2D eigenvalue weighted by Gasteiger charge is -2.40. The van der Waals surface area contributed by atoms with Gasteiger partial charge in [0.2, 0.25) is 5.91 Å². The van der Waals surface area contributed by atoms with Gasteiger partial charge in [-0.25, -0.2) is 0 Å². The van der Waals surface area contributed by atoms with Crippen LogP contribution < -0.4 is 5.32 Å². The Balaban J connectivity index is 1.89. The largest absolute Gasteiger partial charge is 0.466 e. The second-order valence-electron chi connectivity index (χ2n) is 29.5. The van der Waals surface area contributed by atoms with Gasteiger partial charge in [-0.05, 0) is 103 Å². The highest BCUT2D eigenvalue weighted by Crippen LogP contribution is 2.24. The monoisotopic (exact) mass is 1380 g/mol. The van der Waals surface area contributed by atoms with Gasteiger partial charge in [0.05, 0.1) is 32.0 Å². The first-order chi connectivity index (χ1) is 48.2. The summed E-state index contributed by atoms with van der Waals surface area (Å²) in [7, 11) is 0. The summed E-state index contributed by atoms with van der Waals surface area (Å²) in [4.78, 5) is 25.2. The van der Waals surface area contributed by atoms with E-state index in [4.69, 9.17) is 14.2 Å². The van der Waals surface area contributed by atoms with Crippen LogP contribution in [0.3, 0.4) is 0 Å². The van der Waals surface area contributed by atoms with Gasteiger partial charge in [0.15, 0.2) is 6.29 Å². The van der Waals surface area contributed by atoms with Gasteiger partial charge in [0, 0.05) is 12.8 Å². The molecule has 0 spiro atoms. The molecule has 1 aliphatic rings. The lowest BCUT2D eigenvalue weighted by molar-refractivity contribution is -0.302. The van der Waals surface area contributed by atoms with Crippen molar-refractivity contribution in [3.8, 4) is 0 Å². The molecule has 1 rings (SSSR count). The van der Waals surface area contributed by atoms with Gasteiger partial charge in [0.25, 0.3) is 0 Å². The quantitative estimate of drug-likeness (QED) is 0.0195. The number of aliphatic hydroxyl groups excluding tert-OH is 5. The standard InChI is InChI=1S/C87H161NO10/c1-3-5-7-9-11-13-15-17-18-19-44-47-51-55-59-63-67-71-75-83(92)96-76-72-68-64-60-56-52-48-45-42-40-38-36-34-32-30-28-26-24-22-20-21-23-25-27-29-31-33-35-37-39-41-43-46-50-54-58-62-66-70-74-82(91)88-79(78-97-87-86(95)85(94)84(93)81(77-89)98-87)80(90)73-69-65-61-57-53-49-16-14-12-10-8-6-4-2/h18-21,24,26,53,57,69,73,79-81,84-87,89-90,93-95H,3-17,22-23,25,27-52,54-56,58-68,70-72,74-78H2,1-2H3,(H,88,91)/b19-18-,21-20-,26-24-,57-53+,73-69+. The molecule has 1 heterocycles. The first-order valence-electron chi connectivity index (χ1n) is 42.6. The van der Waals surface area contributed by atoms with Crippen molar-refractivity contribution in [1.82, 2.24) is 5.32 Å². The van der Waals surface area contributed by atoms with Crippen LogP contribution in [-0.2, 0) is 23.8 Å². The topological polar surface area (TPSA) is 175 Å². The molecule has 1 aliphatic heterocycles. The van der Waals surface area contributed by atoms with Crippen molar-refractivity contribution >= 4 is 11.9 Å². The van der Waals surface area contributed by atoms with Gasteiger partial charge in [-0.15, -0.1) is 0 Å². The van der Waals surface area contributed by atoms with Gasteiger partial charge in [-0.2, -0.15) is 0 Å². The zero-order valence-electron chi connectivity index (χ0n) is 64.3. The van der Waals surface area contributed by atoms with E-state index in [1.807, 2.05) is 6.08 Å². The fourth-order valence-electron chi connectivity index (χ4n) is 13.4. The first-order valence-corrected chi connectivity index (χ1v) is 42.6. The Bertz CT molecular complexity index is 1820. The average molecular weight is 1380 g/mol. The van der Waals surface area contributed by atoms with E-state index in [0.29, 0.717) is 19.4 Å². The van der Waals surface area contributed by atoms with Crippen molar-refractivity contribution in [2.75, 3.05) is 19.8 Å². The van der Waals surface area contributed by atoms with Gasteiger partial charge in [-0.1, -0.05) is 364 Å². The number of esters is 1. The Kier molecular flexibility index (Phi) is 71.9. The molecule has 6 N–H and O–H groups in total. The molecule has 0 aromatic carbocycles. The molecule has 1 amide bonds. The predicted molar refractivity (Wildman–Crippen MR) is 417 cm³/mol. The Morgan fingerprint density at radius 3 is 1.07 bits per heavy atom. The number of hydrogen-bond acceptors (Lipinski definition) is 10. The lowest BCUT2D eigenvalue weighted by Crippen LogP contribution is -2.60. The van der Waals surface area contributed by atoms with Gasteiger partial charge >= 0.3 is 5.97 Å². The molecule has 0 aromatic rings. The van der Waals surface area contributed by atoms with Crippen LogP contribution in [0.2, 0.25) is 0 Å². The van der Waals surface area contributed by atoms with Crippen LogP contribution in [0.5, 0.6) is 0 Å². The molecule has 98 heavy (non-hydrogen) atoms. The summed E-state index contributed by atoms with van der Waals surface area (Å²) in [6.45, 7) is 4.37. The maximum atomic E-state index is 13.1. The molecular weight excluding hydrogens is 1220 g/mol. The van der Waals surface area contributed by atoms with Crippen LogP contribution in [0.1, 0.15) is 418 Å². The summed E-state index contributed by atoms with van der Waals surface area (Å²) >= 11 is 0. The number of allylic oxidation sites excluding steroid dienone is 9. The number of nitrogens with one attached hydrogen (secondary N) is 1. The van der Waals surface area contributed by atoms with Crippen LogP contribution in [0.4, 0.5) is 0 Å². The molecule has 0 aliphatic carbocycles. The van der Waals surface area contributed by atoms with Crippen molar-refractivity contribution in [2.45, 2.75) is 461 Å². The number of hydrogen-bond donors (Lipinski definition) is 6. The maximum absolute atomic E-state index is 13.1. The SMILES string of the molecule is CCCCCCCCC/C=C\CCCCCCCCCC(=O)OCCCCCCCCCCCCCCCCC/C=C\C/C=C\CCCCCCCCCCCCCCCCCCCC(=O)NC(COC1OC(CO)C(O)C(O)C1O)C(O)/C=C/CC/C=C/CCCCCCCCC. The molecule has 11 nitrogen and oxygen atoms in total. The summed E-state index contributed by atoms with van der Waals surface area (Å²) in [5, 5.41) is 54.5. The molecule has 1 fully saturated rings. The smallest absolute Gasteiger partial charge is 0.305 e. The molecule has 0 saturated carbocycles. The summed E-state index contributed by atoms with van der Waals surface area (Å²) in [6.07, 6.45) is 92.8. The van der Waals surface area contributed by atoms with Crippen molar-refractivity contribution in [3.05, 3.63) is 60.8 Å². The lowest BCUT2D eigenvalue weighted by atomic mass is 9.99. The Morgan fingerprint density at radius 2 is 0.694 bits per heavy atom. The van der Waals surface area contributed by atoms with E-state index in [2.05, 4.69) is 67.8 Å². The molecule has 0 aromatic heterocycles. The molecule has 0 radical (unpaired) electrons. The van der Waals surface area contributed by atoms with Crippen LogP contribution in [0.15, 0.2) is 60.8 Å². The van der Waals surface area contributed by atoms with Crippen molar-refractivity contribution < 1.29 is 49.3 Å². The van der Waals surface area contributed by atoms with Crippen molar-refractivity contribution in [3.63, 3.8) is 0 Å². The number of aliphatic hydroxyl groups is 5. The van der Waals surface area contributed by atoms with Crippen LogP contribution in [0, 0.1) is 0 Å². The van der Waals surface area contributed by atoms with E-state index in [0.717, 1.165) is 64.2 Å². The molecule has 7 unspecified atom stereocenters.